The Labute approximate surface area is 89.0 Å². The summed E-state index contributed by atoms with van der Waals surface area (Å²) in [6, 6.07) is 8.46. The highest BCUT2D eigenvalue weighted by Gasteiger charge is 2.35. The number of benzene rings is 1. The van der Waals surface area contributed by atoms with Crippen molar-refractivity contribution in [1.29, 1.82) is 0 Å². The lowest BCUT2D eigenvalue weighted by Gasteiger charge is -2.19. The lowest BCUT2D eigenvalue weighted by atomic mass is 9.83. The molecule has 0 atom stereocenters. The summed E-state index contributed by atoms with van der Waals surface area (Å²) >= 11 is 0. The van der Waals surface area contributed by atoms with Gasteiger partial charge in [-0.05, 0) is 5.56 Å². The Morgan fingerprint density at radius 2 is 1.87 bits per heavy atom. The SMILES string of the molecule is CC1(C)c2ccccc2-c2ncncc21. The molecule has 0 amide bonds. The maximum absolute atomic E-state index is 4.39. The number of rotatable bonds is 0. The maximum Gasteiger partial charge on any atom is 0.116 e. The van der Waals surface area contributed by atoms with Crippen molar-refractivity contribution in [3.8, 4) is 11.3 Å². The van der Waals surface area contributed by atoms with Gasteiger partial charge >= 0.3 is 0 Å². The van der Waals surface area contributed by atoms with E-state index in [1.807, 2.05) is 6.20 Å². The molecule has 0 unspecified atom stereocenters. The molecule has 1 aliphatic rings. The summed E-state index contributed by atoms with van der Waals surface area (Å²) in [6.07, 6.45) is 3.55. The van der Waals surface area contributed by atoms with Gasteiger partial charge in [-0.15, -0.1) is 0 Å². The monoisotopic (exact) mass is 196 g/mol. The molecule has 74 valence electrons. The van der Waals surface area contributed by atoms with Gasteiger partial charge in [-0.25, -0.2) is 9.97 Å². The third-order valence-electron chi connectivity index (χ3n) is 3.24. The molecule has 1 heterocycles. The van der Waals surface area contributed by atoms with Crippen LogP contribution in [0.25, 0.3) is 11.3 Å². The number of hydrogen-bond donors (Lipinski definition) is 0. The summed E-state index contributed by atoms with van der Waals surface area (Å²) in [5, 5.41) is 0. The van der Waals surface area contributed by atoms with E-state index >= 15 is 0 Å². The summed E-state index contributed by atoms with van der Waals surface area (Å²) in [7, 11) is 0. The summed E-state index contributed by atoms with van der Waals surface area (Å²) in [5.74, 6) is 0. The zero-order valence-electron chi connectivity index (χ0n) is 8.86. The standard InChI is InChI=1S/C13H12N2/c1-13(2)10-6-4-3-5-9(10)12-11(13)7-14-8-15-12/h3-8H,1-2H3. The first-order valence-corrected chi connectivity index (χ1v) is 5.11. The Hall–Kier alpha value is -1.70. The zero-order valence-corrected chi connectivity index (χ0v) is 8.86. The molecule has 2 aromatic rings. The van der Waals surface area contributed by atoms with Gasteiger partial charge in [0.15, 0.2) is 0 Å². The van der Waals surface area contributed by atoms with E-state index in [4.69, 9.17) is 0 Å². The van der Waals surface area contributed by atoms with Crippen LogP contribution < -0.4 is 0 Å². The lowest BCUT2D eigenvalue weighted by molar-refractivity contribution is 0.655. The average molecular weight is 196 g/mol. The van der Waals surface area contributed by atoms with Crippen molar-refractivity contribution in [1.82, 2.24) is 9.97 Å². The van der Waals surface area contributed by atoms with E-state index < -0.39 is 0 Å². The van der Waals surface area contributed by atoms with Gasteiger partial charge in [0, 0.05) is 22.7 Å². The second-order valence-electron chi connectivity index (χ2n) is 4.46. The van der Waals surface area contributed by atoms with Gasteiger partial charge < -0.3 is 0 Å². The Bertz CT molecular complexity index is 482. The molecule has 1 aromatic heterocycles. The third kappa shape index (κ3) is 0.990. The van der Waals surface area contributed by atoms with Gasteiger partial charge in [0.05, 0.1) is 5.69 Å². The average Bonchev–Trinajstić information content (AvgIpc) is 2.51. The predicted octanol–water partition coefficient (Wildman–Crippen LogP) is 2.78. The quantitative estimate of drug-likeness (QED) is 0.647. The van der Waals surface area contributed by atoms with E-state index in [1.54, 1.807) is 6.33 Å². The molecule has 0 spiro atoms. The topological polar surface area (TPSA) is 25.8 Å². The van der Waals surface area contributed by atoms with E-state index in [-0.39, 0.29) is 5.41 Å². The van der Waals surface area contributed by atoms with Crippen LogP contribution in [0.3, 0.4) is 0 Å². The molecule has 0 fully saturated rings. The van der Waals surface area contributed by atoms with Crippen LogP contribution in [0.15, 0.2) is 36.8 Å². The smallest absolute Gasteiger partial charge is 0.116 e. The summed E-state index contributed by atoms with van der Waals surface area (Å²) in [4.78, 5) is 8.51. The molecule has 2 heteroatoms. The number of hydrogen-bond acceptors (Lipinski definition) is 2. The fraction of sp³-hybridized carbons (Fsp3) is 0.231. The largest absolute Gasteiger partial charge is 0.244 e. The van der Waals surface area contributed by atoms with Crippen molar-refractivity contribution in [3.05, 3.63) is 47.9 Å². The second-order valence-corrected chi connectivity index (χ2v) is 4.46. The Morgan fingerprint density at radius 1 is 1.07 bits per heavy atom. The van der Waals surface area contributed by atoms with Crippen LogP contribution in [0.2, 0.25) is 0 Å². The zero-order chi connectivity index (χ0) is 10.5. The first kappa shape index (κ1) is 8.60. The number of aromatic nitrogens is 2. The van der Waals surface area contributed by atoms with Crippen molar-refractivity contribution in [2.45, 2.75) is 19.3 Å². The molecule has 0 saturated carbocycles. The highest BCUT2D eigenvalue weighted by Crippen LogP contribution is 2.46. The van der Waals surface area contributed by atoms with E-state index in [0.29, 0.717) is 0 Å². The summed E-state index contributed by atoms with van der Waals surface area (Å²) in [5.41, 5.74) is 4.95. The molecular weight excluding hydrogens is 184 g/mol. The fourth-order valence-corrected chi connectivity index (χ4v) is 2.38. The van der Waals surface area contributed by atoms with Crippen molar-refractivity contribution in [3.63, 3.8) is 0 Å². The molecule has 0 aliphatic heterocycles. The molecular formula is C13H12N2. The molecule has 1 aliphatic carbocycles. The first-order chi connectivity index (χ1) is 7.21. The van der Waals surface area contributed by atoms with Crippen LogP contribution >= 0.6 is 0 Å². The van der Waals surface area contributed by atoms with Crippen molar-refractivity contribution in [2.24, 2.45) is 0 Å². The molecule has 2 nitrogen and oxygen atoms in total. The molecule has 15 heavy (non-hydrogen) atoms. The lowest BCUT2D eigenvalue weighted by Crippen LogP contribution is -2.15. The van der Waals surface area contributed by atoms with Crippen LogP contribution in [-0.2, 0) is 5.41 Å². The van der Waals surface area contributed by atoms with E-state index in [1.165, 1.54) is 16.7 Å². The molecule has 3 rings (SSSR count). The fourth-order valence-electron chi connectivity index (χ4n) is 2.38. The Kier molecular flexibility index (Phi) is 1.52. The summed E-state index contributed by atoms with van der Waals surface area (Å²) < 4.78 is 0. The van der Waals surface area contributed by atoms with E-state index in [0.717, 1.165) is 5.69 Å². The molecule has 0 bridgehead atoms. The van der Waals surface area contributed by atoms with Crippen molar-refractivity contribution >= 4 is 0 Å². The molecule has 0 saturated heterocycles. The summed E-state index contributed by atoms with van der Waals surface area (Å²) in [6.45, 7) is 4.45. The van der Waals surface area contributed by atoms with Gasteiger partial charge in [-0.2, -0.15) is 0 Å². The third-order valence-corrected chi connectivity index (χ3v) is 3.24. The van der Waals surface area contributed by atoms with Gasteiger partial charge in [-0.3, -0.25) is 0 Å². The normalized spacial score (nSPS) is 15.9. The van der Waals surface area contributed by atoms with E-state index in [9.17, 15) is 0 Å². The molecule has 0 radical (unpaired) electrons. The second kappa shape index (κ2) is 2.66. The van der Waals surface area contributed by atoms with E-state index in [2.05, 4.69) is 48.1 Å². The molecule has 1 aromatic carbocycles. The highest BCUT2D eigenvalue weighted by atomic mass is 14.8. The minimum atomic E-state index is 0.0349. The van der Waals surface area contributed by atoms with Gasteiger partial charge in [0.2, 0.25) is 0 Å². The Balaban J connectivity index is 2.42. The van der Waals surface area contributed by atoms with Crippen LogP contribution in [-0.4, -0.2) is 9.97 Å². The van der Waals surface area contributed by atoms with Crippen LogP contribution in [0.5, 0.6) is 0 Å². The molecule has 0 N–H and O–H groups in total. The van der Waals surface area contributed by atoms with Gasteiger partial charge in [-0.1, -0.05) is 38.1 Å². The van der Waals surface area contributed by atoms with Crippen molar-refractivity contribution in [2.75, 3.05) is 0 Å². The minimum absolute atomic E-state index is 0.0349. The van der Waals surface area contributed by atoms with Crippen molar-refractivity contribution < 1.29 is 0 Å². The number of nitrogens with zero attached hydrogens (tertiary/aromatic N) is 2. The Morgan fingerprint density at radius 3 is 2.73 bits per heavy atom. The van der Waals surface area contributed by atoms with Crippen LogP contribution in [0.4, 0.5) is 0 Å². The highest BCUT2D eigenvalue weighted by molar-refractivity contribution is 5.76. The van der Waals surface area contributed by atoms with Crippen LogP contribution in [0, 0.1) is 0 Å². The maximum atomic E-state index is 4.39. The number of fused-ring (bicyclic) bond motifs is 3. The van der Waals surface area contributed by atoms with Gasteiger partial charge in [0.1, 0.15) is 6.33 Å². The van der Waals surface area contributed by atoms with Gasteiger partial charge in [0.25, 0.3) is 0 Å². The van der Waals surface area contributed by atoms with Crippen LogP contribution in [0.1, 0.15) is 25.0 Å². The predicted molar refractivity (Wildman–Crippen MR) is 59.6 cm³/mol. The minimum Gasteiger partial charge on any atom is -0.244 e. The first-order valence-electron chi connectivity index (χ1n) is 5.11.